The molecule has 0 atom stereocenters. The second-order valence-electron chi connectivity index (χ2n) is 5.79. The molecule has 4 aromatic rings. The number of anilines is 1. The number of hydrogen-bond acceptors (Lipinski definition) is 3. The number of aryl methyl sites for hydroxylation is 1. The van der Waals surface area contributed by atoms with E-state index >= 15 is 0 Å². The van der Waals surface area contributed by atoms with Crippen LogP contribution in [0, 0.1) is 0 Å². The third-order valence-electron chi connectivity index (χ3n) is 4.23. The molecule has 2 aromatic carbocycles. The molecule has 0 unspecified atom stereocenters. The Bertz CT molecular complexity index is 1020. The van der Waals surface area contributed by atoms with Crippen molar-refractivity contribution < 1.29 is 0 Å². The van der Waals surface area contributed by atoms with Gasteiger partial charge in [0.25, 0.3) is 0 Å². The Morgan fingerprint density at radius 1 is 0.920 bits per heavy atom. The van der Waals surface area contributed by atoms with E-state index in [0.29, 0.717) is 0 Å². The maximum absolute atomic E-state index is 4.41. The molecule has 0 spiro atoms. The molecule has 0 bridgehead atoms. The van der Waals surface area contributed by atoms with Crippen molar-refractivity contribution in [3.8, 4) is 11.3 Å². The van der Waals surface area contributed by atoms with Gasteiger partial charge in [-0.15, -0.1) is 0 Å². The summed E-state index contributed by atoms with van der Waals surface area (Å²) in [5.74, 6) is 0.722. The number of pyridine rings is 1. The molecular weight excluding hydrogens is 308 g/mol. The molecular formula is C21H18N4. The van der Waals surface area contributed by atoms with Crippen molar-refractivity contribution in [3.05, 3.63) is 84.6 Å². The van der Waals surface area contributed by atoms with E-state index in [1.807, 2.05) is 30.5 Å². The van der Waals surface area contributed by atoms with Crippen molar-refractivity contribution in [2.45, 2.75) is 0 Å². The van der Waals surface area contributed by atoms with Crippen LogP contribution in [-0.4, -0.2) is 15.8 Å². The Kier molecular flexibility index (Phi) is 4.01. The van der Waals surface area contributed by atoms with Crippen LogP contribution < -0.4 is 5.43 Å². The van der Waals surface area contributed by atoms with E-state index in [9.17, 15) is 0 Å². The van der Waals surface area contributed by atoms with Gasteiger partial charge in [0.2, 0.25) is 0 Å². The van der Waals surface area contributed by atoms with Gasteiger partial charge >= 0.3 is 0 Å². The first-order chi connectivity index (χ1) is 12.3. The Balaban J connectivity index is 1.81. The van der Waals surface area contributed by atoms with Crippen molar-refractivity contribution in [3.63, 3.8) is 0 Å². The topological polar surface area (TPSA) is 42.2 Å². The van der Waals surface area contributed by atoms with Gasteiger partial charge in [0.15, 0.2) is 0 Å². The van der Waals surface area contributed by atoms with Crippen molar-refractivity contribution in [1.29, 1.82) is 0 Å². The van der Waals surface area contributed by atoms with Crippen LogP contribution in [0.1, 0.15) is 5.56 Å². The second kappa shape index (κ2) is 6.61. The number of para-hydroxylation sites is 1. The molecule has 0 aliphatic heterocycles. The summed E-state index contributed by atoms with van der Waals surface area (Å²) in [6, 6.07) is 24.5. The summed E-state index contributed by atoms with van der Waals surface area (Å²) in [6.07, 6.45) is 3.62. The summed E-state index contributed by atoms with van der Waals surface area (Å²) in [7, 11) is 2.09. The maximum atomic E-state index is 4.41. The normalized spacial score (nSPS) is 11.2. The van der Waals surface area contributed by atoms with Crippen molar-refractivity contribution in [2.24, 2.45) is 12.1 Å². The molecule has 0 saturated carbocycles. The predicted octanol–water partition coefficient (Wildman–Crippen LogP) is 4.69. The van der Waals surface area contributed by atoms with Gasteiger partial charge in [0.05, 0.1) is 11.9 Å². The quantitative estimate of drug-likeness (QED) is 0.437. The molecule has 4 nitrogen and oxygen atoms in total. The van der Waals surface area contributed by atoms with Crippen LogP contribution in [-0.2, 0) is 7.05 Å². The average Bonchev–Trinajstić information content (AvgIpc) is 2.96. The monoisotopic (exact) mass is 326 g/mol. The zero-order valence-electron chi connectivity index (χ0n) is 13.9. The zero-order chi connectivity index (χ0) is 17.1. The van der Waals surface area contributed by atoms with Gasteiger partial charge in [-0.2, -0.15) is 5.10 Å². The van der Waals surface area contributed by atoms with Gasteiger partial charge in [-0.1, -0.05) is 54.6 Å². The zero-order valence-corrected chi connectivity index (χ0v) is 13.9. The van der Waals surface area contributed by atoms with Crippen LogP contribution in [0.15, 0.2) is 84.1 Å². The molecule has 0 radical (unpaired) electrons. The number of aromatic nitrogens is 2. The van der Waals surface area contributed by atoms with E-state index < -0.39 is 0 Å². The SMILES string of the molecule is Cn1c(-c2ccccc2)c(C=NNc2ccccn2)c2ccccc21. The highest BCUT2D eigenvalue weighted by Gasteiger charge is 2.14. The molecule has 4 rings (SSSR count). The van der Waals surface area contributed by atoms with Gasteiger partial charge < -0.3 is 4.57 Å². The molecule has 122 valence electrons. The molecule has 0 amide bonds. The van der Waals surface area contributed by atoms with E-state index in [4.69, 9.17) is 0 Å². The highest BCUT2D eigenvalue weighted by molar-refractivity contribution is 6.06. The van der Waals surface area contributed by atoms with Crippen LogP contribution >= 0.6 is 0 Å². The first-order valence-corrected chi connectivity index (χ1v) is 8.17. The van der Waals surface area contributed by atoms with E-state index in [1.165, 1.54) is 16.5 Å². The fraction of sp³-hybridized carbons (Fsp3) is 0.0476. The number of rotatable bonds is 4. The van der Waals surface area contributed by atoms with E-state index in [2.05, 4.69) is 75.7 Å². The van der Waals surface area contributed by atoms with Crippen LogP contribution in [0.3, 0.4) is 0 Å². The summed E-state index contributed by atoms with van der Waals surface area (Å²) >= 11 is 0. The van der Waals surface area contributed by atoms with Gasteiger partial charge in [0, 0.05) is 29.7 Å². The van der Waals surface area contributed by atoms with Crippen molar-refractivity contribution in [1.82, 2.24) is 9.55 Å². The van der Waals surface area contributed by atoms with Crippen LogP contribution in [0.25, 0.3) is 22.2 Å². The van der Waals surface area contributed by atoms with E-state index in [1.54, 1.807) is 6.20 Å². The summed E-state index contributed by atoms with van der Waals surface area (Å²) in [4.78, 5) is 4.23. The molecule has 4 heteroatoms. The second-order valence-corrected chi connectivity index (χ2v) is 5.79. The highest BCUT2D eigenvalue weighted by atomic mass is 15.3. The number of hydrogen-bond donors (Lipinski definition) is 1. The number of hydrazone groups is 1. The fourth-order valence-electron chi connectivity index (χ4n) is 3.09. The predicted molar refractivity (Wildman–Crippen MR) is 104 cm³/mol. The van der Waals surface area contributed by atoms with Crippen molar-refractivity contribution >= 4 is 22.9 Å². The molecule has 0 fully saturated rings. The minimum atomic E-state index is 0.722. The molecule has 0 saturated heterocycles. The van der Waals surface area contributed by atoms with Crippen LogP contribution in [0.5, 0.6) is 0 Å². The molecule has 1 N–H and O–H groups in total. The lowest BCUT2D eigenvalue weighted by Gasteiger charge is -2.06. The van der Waals surface area contributed by atoms with Crippen LogP contribution in [0.2, 0.25) is 0 Å². The Morgan fingerprint density at radius 3 is 2.48 bits per heavy atom. The third-order valence-corrected chi connectivity index (χ3v) is 4.23. The Hall–Kier alpha value is -3.40. The smallest absolute Gasteiger partial charge is 0.146 e. The standard InChI is InChI=1S/C21H18N4/c1-25-19-12-6-5-11-17(19)18(21(25)16-9-3-2-4-10-16)15-23-24-20-13-7-8-14-22-20/h2-15H,1H3,(H,22,24). The van der Waals surface area contributed by atoms with Gasteiger partial charge in [-0.25, -0.2) is 4.98 Å². The lowest BCUT2D eigenvalue weighted by atomic mass is 10.1. The molecule has 0 aliphatic carbocycles. The first-order valence-electron chi connectivity index (χ1n) is 8.17. The summed E-state index contributed by atoms with van der Waals surface area (Å²) in [6.45, 7) is 0. The lowest BCUT2D eigenvalue weighted by molar-refractivity contribution is 0.977. The van der Waals surface area contributed by atoms with Gasteiger partial charge in [-0.3, -0.25) is 5.43 Å². The maximum Gasteiger partial charge on any atom is 0.146 e. The Labute approximate surface area is 146 Å². The third kappa shape index (κ3) is 2.90. The van der Waals surface area contributed by atoms with Crippen molar-refractivity contribution in [2.75, 3.05) is 5.43 Å². The van der Waals surface area contributed by atoms with E-state index in [-0.39, 0.29) is 0 Å². The van der Waals surface area contributed by atoms with Gasteiger partial charge in [-0.05, 0) is 23.8 Å². The van der Waals surface area contributed by atoms with E-state index in [0.717, 1.165) is 17.1 Å². The number of benzene rings is 2. The summed E-state index contributed by atoms with van der Waals surface area (Å²) < 4.78 is 2.22. The number of nitrogens with zero attached hydrogens (tertiary/aromatic N) is 3. The molecule has 0 aliphatic rings. The van der Waals surface area contributed by atoms with Gasteiger partial charge in [0.1, 0.15) is 5.82 Å². The summed E-state index contributed by atoms with van der Waals surface area (Å²) in [5, 5.41) is 5.59. The fourth-order valence-corrected chi connectivity index (χ4v) is 3.09. The number of fused-ring (bicyclic) bond motifs is 1. The molecule has 25 heavy (non-hydrogen) atoms. The summed E-state index contributed by atoms with van der Waals surface area (Å²) in [5.41, 5.74) is 7.58. The molecule has 2 aromatic heterocycles. The Morgan fingerprint density at radius 2 is 1.68 bits per heavy atom. The van der Waals surface area contributed by atoms with Crippen LogP contribution in [0.4, 0.5) is 5.82 Å². The lowest BCUT2D eigenvalue weighted by Crippen LogP contribution is -1.96. The first kappa shape index (κ1) is 15.1. The molecule has 2 heterocycles. The minimum absolute atomic E-state index is 0.722. The highest BCUT2D eigenvalue weighted by Crippen LogP contribution is 2.31. The number of nitrogens with one attached hydrogen (secondary N) is 1. The largest absolute Gasteiger partial charge is 0.343 e. The minimum Gasteiger partial charge on any atom is -0.343 e. The average molecular weight is 326 g/mol.